The molecule has 3 N–H and O–H groups in total. The summed E-state index contributed by atoms with van der Waals surface area (Å²) < 4.78 is 30.2. The fourth-order valence-electron chi connectivity index (χ4n) is 0.846. The number of aliphatic hydroxyl groups is 1. The van der Waals surface area contributed by atoms with Gasteiger partial charge in [-0.2, -0.15) is 0 Å². The first-order valence-electron chi connectivity index (χ1n) is 4.09. The van der Waals surface area contributed by atoms with E-state index in [9.17, 15) is 8.78 Å². The van der Waals surface area contributed by atoms with Gasteiger partial charge in [0.15, 0.2) is 11.6 Å². The lowest BCUT2D eigenvalue weighted by Crippen LogP contribution is -2.26. The first-order chi connectivity index (χ1) is 6.63. The molecule has 1 unspecified atom stereocenters. The van der Waals surface area contributed by atoms with Crippen LogP contribution in [0.4, 0.5) is 8.78 Å². The van der Waals surface area contributed by atoms with Crippen molar-refractivity contribution in [1.29, 1.82) is 0 Å². The minimum atomic E-state index is -0.848. The van der Waals surface area contributed by atoms with E-state index in [1.165, 1.54) is 0 Å². The van der Waals surface area contributed by atoms with Crippen molar-refractivity contribution in [2.45, 2.75) is 6.10 Å². The number of nitrogens with two attached hydrogens (primary N) is 1. The molecule has 1 rings (SSSR count). The normalized spacial score (nSPS) is 12.6. The Bertz CT molecular complexity index is 307. The Balaban J connectivity index is 2.59. The number of rotatable bonds is 4. The predicted octanol–water partition coefficient (Wildman–Crippen LogP) is 0.663. The summed E-state index contributed by atoms with van der Waals surface area (Å²) in [5, 5.41) is 9.02. The molecule has 0 bridgehead atoms. The van der Waals surface area contributed by atoms with E-state index in [0.29, 0.717) is 6.07 Å². The number of benzene rings is 1. The Morgan fingerprint density at radius 2 is 2.14 bits per heavy atom. The molecule has 78 valence electrons. The predicted molar refractivity (Wildman–Crippen MR) is 46.9 cm³/mol. The van der Waals surface area contributed by atoms with Gasteiger partial charge >= 0.3 is 0 Å². The van der Waals surface area contributed by atoms with Crippen LogP contribution in [0.1, 0.15) is 0 Å². The Morgan fingerprint density at radius 1 is 1.43 bits per heavy atom. The van der Waals surface area contributed by atoms with Crippen LogP contribution < -0.4 is 10.5 Å². The minimum Gasteiger partial charge on any atom is -0.488 e. The third-order valence-corrected chi connectivity index (χ3v) is 1.60. The second-order valence-corrected chi connectivity index (χ2v) is 2.78. The van der Waals surface area contributed by atoms with Crippen LogP contribution in [0.25, 0.3) is 0 Å². The maximum absolute atomic E-state index is 12.9. The van der Waals surface area contributed by atoms with Gasteiger partial charge in [0.25, 0.3) is 0 Å². The lowest BCUT2D eigenvalue weighted by Gasteiger charge is -2.10. The summed E-state index contributed by atoms with van der Waals surface area (Å²) in [4.78, 5) is 0. The van der Waals surface area contributed by atoms with Crippen LogP contribution in [-0.2, 0) is 0 Å². The number of hydrogen-bond acceptors (Lipinski definition) is 3. The summed E-state index contributed by atoms with van der Waals surface area (Å²) in [7, 11) is 0. The smallest absolute Gasteiger partial charge is 0.167 e. The van der Waals surface area contributed by atoms with Crippen molar-refractivity contribution >= 4 is 0 Å². The van der Waals surface area contributed by atoms with E-state index < -0.39 is 17.7 Å². The molecule has 0 spiro atoms. The Morgan fingerprint density at radius 3 is 2.71 bits per heavy atom. The van der Waals surface area contributed by atoms with Crippen molar-refractivity contribution < 1.29 is 18.6 Å². The van der Waals surface area contributed by atoms with Gasteiger partial charge in [-0.05, 0) is 12.1 Å². The highest BCUT2D eigenvalue weighted by Gasteiger charge is 2.07. The molecule has 0 aliphatic rings. The van der Waals surface area contributed by atoms with E-state index >= 15 is 0 Å². The van der Waals surface area contributed by atoms with Crippen molar-refractivity contribution in [1.82, 2.24) is 0 Å². The van der Waals surface area contributed by atoms with Crippen LogP contribution in [0.5, 0.6) is 5.75 Å². The Kier molecular flexibility index (Phi) is 3.79. The van der Waals surface area contributed by atoms with E-state index in [0.717, 1.165) is 12.1 Å². The maximum Gasteiger partial charge on any atom is 0.167 e. The standard InChI is InChI=1S/C9H11F2NO2/c10-6-1-2-9(8(11)3-6)14-5-7(13)4-12/h1-3,7,13H,4-5,12H2. The number of aliphatic hydroxyl groups excluding tert-OH is 1. The summed E-state index contributed by atoms with van der Waals surface area (Å²) in [6.45, 7) is -0.0815. The fourth-order valence-corrected chi connectivity index (χ4v) is 0.846. The summed E-state index contributed by atoms with van der Waals surface area (Å²) in [5.74, 6) is -1.57. The molecule has 0 saturated carbocycles. The molecule has 0 amide bonds. The molecule has 0 aromatic heterocycles. The van der Waals surface area contributed by atoms with Crippen molar-refractivity contribution in [3.63, 3.8) is 0 Å². The van der Waals surface area contributed by atoms with Crippen LogP contribution in [0.3, 0.4) is 0 Å². The highest BCUT2D eigenvalue weighted by molar-refractivity contribution is 5.24. The summed E-state index contributed by atoms with van der Waals surface area (Å²) in [6.07, 6.45) is -0.848. The number of ether oxygens (including phenoxy) is 1. The summed E-state index contributed by atoms with van der Waals surface area (Å²) in [6, 6.07) is 2.95. The SMILES string of the molecule is NCC(O)COc1ccc(F)cc1F. The number of halogens is 2. The average molecular weight is 203 g/mol. The van der Waals surface area contributed by atoms with Gasteiger partial charge in [-0.1, -0.05) is 0 Å². The molecule has 0 fully saturated rings. The fraction of sp³-hybridized carbons (Fsp3) is 0.333. The molecular weight excluding hydrogens is 192 g/mol. The summed E-state index contributed by atoms with van der Waals surface area (Å²) in [5.41, 5.74) is 5.11. The Hall–Kier alpha value is -1.20. The van der Waals surface area contributed by atoms with Gasteiger partial charge in [0.2, 0.25) is 0 Å². The highest BCUT2D eigenvalue weighted by atomic mass is 19.1. The molecule has 0 heterocycles. The van der Waals surface area contributed by atoms with Gasteiger partial charge < -0.3 is 15.6 Å². The van der Waals surface area contributed by atoms with Crippen LogP contribution >= 0.6 is 0 Å². The van der Waals surface area contributed by atoms with E-state index in [-0.39, 0.29) is 18.9 Å². The zero-order chi connectivity index (χ0) is 10.6. The molecule has 0 aliphatic carbocycles. The largest absolute Gasteiger partial charge is 0.488 e. The van der Waals surface area contributed by atoms with E-state index in [1.54, 1.807) is 0 Å². The lowest BCUT2D eigenvalue weighted by atomic mass is 10.3. The van der Waals surface area contributed by atoms with Crippen molar-refractivity contribution in [3.05, 3.63) is 29.8 Å². The molecule has 14 heavy (non-hydrogen) atoms. The second-order valence-electron chi connectivity index (χ2n) is 2.78. The second kappa shape index (κ2) is 4.88. The van der Waals surface area contributed by atoms with E-state index in [4.69, 9.17) is 15.6 Å². The van der Waals surface area contributed by atoms with E-state index in [1.807, 2.05) is 0 Å². The molecular formula is C9H11F2NO2. The van der Waals surface area contributed by atoms with Gasteiger partial charge in [-0.3, -0.25) is 0 Å². The van der Waals surface area contributed by atoms with Crippen LogP contribution in [0, 0.1) is 11.6 Å². The number of hydrogen-bond donors (Lipinski definition) is 2. The summed E-state index contributed by atoms with van der Waals surface area (Å²) >= 11 is 0. The van der Waals surface area contributed by atoms with Crippen LogP contribution in [0.15, 0.2) is 18.2 Å². The molecule has 1 aromatic rings. The third-order valence-electron chi connectivity index (χ3n) is 1.60. The molecule has 0 radical (unpaired) electrons. The monoisotopic (exact) mass is 203 g/mol. The van der Waals surface area contributed by atoms with Gasteiger partial charge in [-0.15, -0.1) is 0 Å². The zero-order valence-corrected chi connectivity index (χ0v) is 7.41. The first-order valence-corrected chi connectivity index (χ1v) is 4.09. The van der Waals surface area contributed by atoms with Crippen molar-refractivity contribution in [2.24, 2.45) is 5.73 Å². The third kappa shape index (κ3) is 2.93. The van der Waals surface area contributed by atoms with Gasteiger partial charge in [0.1, 0.15) is 18.5 Å². The van der Waals surface area contributed by atoms with E-state index in [2.05, 4.69) is 0 Å². The Labute approximate surface area is 80.1 Å². The molecule has 1 atom stereocenters. The molecule has 0 saturated heterocycles. The van der Waals surface area contributed by atoms with Crippen molar-refractivity contribution in [3.8, 4) is 5.75 Å². The average Bonchev–Trinajstić information content (AvgIpc) is 2.16. The maximum atomic E-state index is 12.9. The van der Waals surface area contributed by atoms with Gasteiger partial charge in [0, 0.05) is 12.6 Å². The van der Waals surface area contributed by atoms with Gasteiger partial charge in [-0.25, -0.2) is 8.78 Å². The van der Waals surface area contributed by atoms with Gasteiger partial charge in [0.05, 0.1) is 0 Å². The quantitative estimate of drug-likeness (QED) is 0.756. The lowest BCUT2D eigenvalue weighted by molar-refractivity contribution is 0.111. The molecule has 0 aliphatic heterocycles. The van der Waals surface area contributed by atoms with Crippen LogP contribution in [-0.4, -0.2) is 24.4 Å². The molecule has 1 aromatic carbocycles. The molecule has 3 nitrogen and oxygen atoms in total. The first kappa shape index (κ1) is 10.9. The highest BCUT2D eigenvalue weighted by Crippen LogP contribution is 2.17. The topological polar surface area (TPSA) is 55.5 Å². The van der Waals surface area contributed by atoms with Crippen LogP contribution in [0.2, 0.25) is 0 Å². The van der Waals surface area contributed by atoms with Crippen molar-refractivity contribution in [2.75, 3.05) is 13.2 Å². The minimum absolute atomic E-state index is 0.0306. The zero-order valence-electron chi connectivity index (χ0n) is 7.41. The molecule has 5 heteroatoms.